The zero-order valence-electron chi connectivity index (χ0n) is 17.4. The van der Waals surface area contributed by atoms with Crippen LogP contribution in [-0.4, -0.2) is 42.0 Å². The quantitative estimate of drug-likeness (QED) is 0.658. The van der Waals surface area contributed by atoms with Gasteiger partial charge in [-0.25, -0.2) is 4.98 Å². The maximum absolute atomic E-state index is 12.6. The van der Waals surface area contributed by atoms with Crippen LogP contribution in [0.2, 0.25) is 0 Å². The molecular weight excluding hydrogens is 370 g/mol. The molecule has 3 aromatic rings. The molecule has 9 heteroatoms. The third-order valence-corrected chi connectivity index (χ3v) is 5.79. The van der Waals surface area contributed by atoms with Gasteiger partial charge in [0.2, 0.25) is 5.95 Å². The van der Waals surface area contributed by atoms with Crippen molar-refractivity contribution in [1.29, 1.82) is 0 Å². The Bertz CT molecular complexity index is 1150. The van der Waals surface area contributed by atoms with Crippen LogP contribution >= 0.6 is 0 Å². The summed E-state index contributed by atoms with van der Waals surface area (Å²) in [6.45, 7) is 6.32. The lowest BCUT2D eigenvalue weighted by Gasteiger charge is -2.33. The van der Waals surface area contributed by atoms with Crippen LogP contribution < -0.4 is 16.0 Å². The van der Waals surface area contributed by atoms with Gasteiger partial charge in [-0.2, -0.15) is 10.1 Å². The topological polar surface area (TPSA) is 90.8 Å². The standard InChI is InChI=1S/C20H27N7O2/c1-13(2)16-9-17(28)27(12-21-16)11-14-5-7-26(8-6-14)20-23-18-15(10-22-25(18)4)19(29)24(20)3/h9-10,12-14H,5-8,11H2,1-4H3. The van der Waals surface area contributed by atoms with Crippen LogP contribution in [0.15, 0.2) is 28.2 Å². The van der Waals surface area contributed by atoms with E-state index in [4.69, 9.17) is 4.98 Å². The minimum atomic E-state index is -0.0805. The largest absolute Gasteiger partial charge is 0.342 e. The van der Waals surface area contributed by atoms with E-state index in [1.54, 1.807) is 46.5 Å². The van der Waals surface area contributed by atoms with Crippen LogP contribution in [0.3, 0.4) is 0 Å². The maximum Gasteiger partial charge on any atom is 0.265 e. The Balaban J connectivity index is 1.48. The van der Waals surface area contributed by atoms with Crippen LogP contribution in [0.4, 0.5) is 5.95 Å². The molecule has 29 heavy (non-hydrogen) atoms. The first-order chi connectivity index (χ1) is 13.8. The van der Waals surface area contributed by atoms with Crippen molar-refractivity contribution < 1.29 is 0 Å². The molecule has 3 aromatic heterocycles. The second-order valence-electron chi connectivity index (χ2n) is 8.17. The van der Waals surface area contributed by atoms with E-state index >= 15 is 0 Å². The van der Waals surface area contributed by atoms with Gasteiger partial charge in [-0.15, -0.1) is 0 Å². The Hall–Kier alpha value is -2.97. The molecule has 1 aliphatic heterocycles. The SMILES string of the molecule is CC(C)c1cc(=O)n(CC2CCN(c3nc4c(cnn4C)c(=O)n3C)CC2)cn1. The predicted molar refractivity (Wildman–Crippen MR) is 111 cm³/mol. The van der Waals surface area contributed by atoms with Crippen molar-refractivity contribution in [2.45, 2.75) is 39.2 Å². The molecule has 1 aliphatic rings. The summed E-state index contributed by atoms with van der Waals surface area (Å²) >= 11 is 0. The van der Waals surface area contributed by atoms with Gasteiger partial charge in [0.05, 0.1) is 18.2 Å². The van der Waals surface area contributed by atoms with Crippen molar-refractivity contribution in [3.05, 3.63) is 45.0 Å². The molecule has 0 radical (unpaired) electrons. The number of piperidine rings is 1. The monoisotopic (exact) mass is 397 g/mol. The fourth-order valence-electron chi connectivity index (χ4n) is 3.93. The van der Waals surface area contributed by atoms with E-state index in [1.807, 2.05) is 13.8 Å². The van der Waals surface area contributed by atoms with Gasteiger partial charge >= 0.3 is 0 Å². The Morgan fingerprint density at radius 1 is 1.17 bits per heavy atom. The molecule has 0 saturated carbocycles. The number of aryl methyl sites for hydroxylation is 1. The van der Waals surface area contributed by atoms with Crippen molar-refractivity contribution in [2.75, 3.05) is 18.0 Å². The summed E-state index contributed by atoms with van der Waals surface area (Å²) in [4.78, 5) is 36.2. The minimum absolute atomic E-state index is 0.0110. The summed E-state index contributed by atoms with van der Waals surface area (Å²) in [5.74, 6) is 1.31. The first-order valence-corrected chi connectivity index (χ1v) is 10.0. The predicted octanol–water partition coefficient (Wildman–Crippen LogP) is 1.26. The fraction of sp³-hybridized carbons (Fsp3) is 0.550. The molecule has 0 N–H and O–H groups in total. The van der Waals surface area contributed by atoms with Gasteiger partial charge < -0.3 is 4.90 Å². The lowest BCUT2D eigenvalue weighted by molar-refractivity contribution is 0.347. The highest BCUT2D eigenvalue weighted by Gasteiger charge is 2.24. The molecule has 0 amide bonds. The summed E-state index contributed by atoms with van der Waals surface area (Å²) in [7, 11) is 3.55. The van der Waals surface area contributed by atoms with E-state index in [2.05, 4.69) is 15.0 Å². The van der Waals surface area contributed by atoms with Gasteiger partial charge in [0.15, 0.2) is 5.65 Å². The average molecular weight is 397 g/mol. The van der Waals surface area contributed by atoms with Crippen molar-refractivity contribution in [3.63, 3.8) is 0 Å². The highest BCUT2D eigenvalue weighted by Crippen LogP contribution is 2.23. The lowest BCUT2D eigenvalue weighted by atomic mass is 9.97. The summed E-state index contributed by atoms with van der Waals surface area (Å²) in [5, 5.41) is 4.68. The van der Waals surface area contributed by atoms with Crippen LogP contribution in [-0.2, 0) is 20.6 Å². The highest BCUT2D eigenvalue weighted by atomic mass is 16.1. The zero-order chi connectivity index (χ0) is 20.7. The normalized spacial score (nSPS) is 15.6. The van der Waals surface area contributed by atoms with E-state index in [0.717, 1.165) is 31.6 Å². The Morgan fingerprint density at radius 2 is 1.90 bits per heavy atom. The molecule has 1 fully saturated rings. The van der Waals surface area contributed by atoms with E-state index in [9.17, 15) is 9.59 Å². The fourth-order valence-corrected chi connectivity index (χ4v) is 3.93. The van der Waals surface area contributed by atoms with Crippen LogP contribution in [0.5, 0.6) is 0 Å². The molecule has 1 saturated heterocycles. The molecule has 0 atom stereocenters. The Morgan fingerprint density at radius 3 is 2.55 bits per heavy atom. The molecule has 0 aliphatic carbocycles. The lowest BCUT2D eigenvalue weighted by Crippen LogP contribution is -2.39. The van der Waals surface area contributed by atoms with Gasteiger partial charge in [-0.1, -0.05) is 13.8 Å². The van der Waals surface area contributed by atoms with Gasteiger partial charge in [0.1, 0.15) is 5.39 Å². The molecular formula is C20H27N7O2. The second-order valence-corrected chi connectivity index (χ2v) is 8.17. The number of anilines is 1. The summed E-state index contributed by atoms with van der Waals surface area (Å²) < 4.78 is 4.94. The summed E-state index contributed by atoms with van der Waals surface area (Å²) in [6, 6.07) is 1.64. The smallest absolute Gasteiger partial charge is 0.265 e. The van der Waals surface area contributed by atoms with E-state index in [1.165, 1.54) is 0 Å². The molecule has 154 valence electrons. The number of aromatic nitrogens is 6. The molecule has 0 aromatic carbocycles. The van der Waals surface area contributed by atoms with Crippen molar-refractivity contribution in [3.8, 4) is 0 Å². The van der Waals surface area contributed by atoms with Gasteiger partial charge in [0.25, 0.3) is 11.1 Å². The number of fused-ring (bicyclic) bond motifs is 1. The van der Waals surface area contributed by atoms with Gasteiger partial charge in [-0.3, -0.25) is 23.4 Å². The molecule has 0 unspecified atom stereocenters. The first-order valence-electron chi connectivity index (χ1n) is 10.0. The molecule has 0 bridgehead atoms. The molecule has 9 nitrogen and oxygen atoms in total. The number of hydrogen-bond acceptors (Lipinski definition) is 6. The summed E-state index contributed by atoms with van der Waals surface area (Å²) in [6.07, 6.45) is 5.10. The van der Waals surface area contributed by atoms with Crippen LogP contribution in [0.25, 0.3) is 11.0 Å². The minimum Gasteiger partial charge on any atom is -0.342 e. The van der Waals surface area contributed by atoms with Crippen LogP contribution in [0.1, 0.15) is 38.3 Å². The number of nitrogens with zero attached hydrogens (tertiary/aromatic N) is 7. The first kappa shape index (κ1) is 19.4. The van der Waals surface area contributed by atoms with E-state index in [-0.39, 0.29) is 17.0 Å². The summed E-state index contributed by atoms with van der Waals surface area (Å²) in [5.41, 5.74) is 1.37. The average Bonchev–Trinajstić information content (AvgIpc) is 3.07. The molecule has 0 spiro atoms. The van der Waals surface area contributed by atoms with Crippen LogP contribution in [0, 0.1) is 5.92 Å². The maximum atomic E-state index is 12.6. The molecule has 4 rings (SSSR count). The molecule has 4 heterocycles. The Kier molecular flexibility index (Phi) is 4.97. The second kappa shape index (κ2) is 7.46. The van der Waals surface area contributed by atoms with E-state index < -0.39 is 0 Å². The number of rotatable bonds is 4. The Labute approximate surface area is 168 Å². The third-order valence-electron chi connectivity index (χ3n) is 5.79. The van der Waals surface area contributed by atoms with Gasteiger partial charge in [-0.05, 0) is 24.7 Å². The van der Waals surface area contributed by atoms with Crippen molar-refractivity contribution in [2.24, 2.45) is 20.0 Å². The number of hydrogen-bond donors (Lipinski definition) is 0. The van der Waals surface area contributed by atoms with Crippen molar-refractivity contribution >= 4 is 17.0 Å². The van der Waals surface area contributed by atoms with Gasteiger partial charge in [0, 0.05) is 39.8 Å². The highest BCUT2D eigenvalue weighted by molar-refractivity contribution is 5.74. The zero-order valence-corrected chi connectivity index (χ0v) is 17.4. The van der Waals surface area contributed by atoms with Crippen molar-refractivity contribution in [1.82, 2.24) is 28.9 Å². The third kappa shape index (κ3) is 3.56. The van der Waals surface area contributed by atoms with E-state index in [0.29, 0.717) is 29.4 Å².